The summed E-state index contributed by atoms with van der Waals surface area (Å²) < 4.78 is 0. The molecule has 0 aliphatic rings. The third-order valence-corrected chi connectivity index (χ3v) is 3.46. The van der Waals surface area contributed by atoms with Crippen molar-refractivity contribution in [3.8, 4) is 0 Å². The summed E-state index contributed by atoms with van der Waals surface area (Å²) in [5, 5.41) is 10.3. The highest BCUT2D eigenvalue weighted by atomic mass is 35.5. The first-order valence-electron chi connectivity index (χ1n) is 6.02. The monoisotopic (exact) mass is 309 g/mol. The number of benzene rings is 2. The van der Waals surface area contributed by atoms with E-state index in [9.17, 15) is 4.79 Å². The van der Waals surface area contributed by atoms with Crippen LogP contribution in [0.4, 0.5) is 5.69 Å². The maximum atomic E-state index is 11.0. The molecule has 5 heteroatoms. The lowest BCUT2D eigenvalue weighted by atomic mass is 10.2. The standard InChI is InChI=1S/C15H13Cl2NO2/c16-12-5-7-13(8-6-12)18(10-15(19)20)9-11-3-1-2-4-14(11)17/h1-8H,9-10H2,(H,19,20). The number of aliphatic carboxylic acids is 1. The first kappa shape index (κ1) is 14.7. The van der Waals surface area contributed by atoms with Crippen molar-refractivity contribution in [2.45, 2.75) is 6.54 Å². The van der Waals surface area contributed by atoms with Crippen LogP contribution in [0.25, 0.3) is 0 Å². The van der Waals surface area contributed by atoms with Crippen molar-refractivity contribution >= 4 is 34.9 Å². The van der Waals surface area contributed by atoms with Gasteiger partial charge in [-0.2, -0.15) is 0 Å². The molecule has 0 radical (unpaired) electrons. The molecule has 2 rings (SSSR count). The highest BCUT2D eigenvalue weighted by molar-refractivity contribution is 6.31. The Hall–Kier alpha value is -1.71. The molecule has 0 bridgehead atoms. The number of anilines is 1. The van der Waals surface area contributed by atoms with Gasteiger partial charge in [0.05, 0.1) is 0 Å². The molecule has 2 aromatic rings. The molecule has 0 saturated carbocycles. The van der Waals surface area contributed by atoms with Gasteiger partial charge < -0.3 is 10.0 Å². The fourth-order valence-corrected chi connectivity index (χ4v) is 2.21. The Kier molecular flexibility index (Phi) is 4.88. The molecule has 0 atom stereocenters. The zero-order valence-electron chi connectivity index (χ0n) is 10.6. The molecule has 0 aliphatic heterocycles. The van der Waals surface area contributed by atoms with Gasteiger partial charge in [-0.15, -0.1) is 0 Å². The van der Waals surface area contributed by atoms with Crippen LogP contribution in [0.1, 0.15) is 5.56 Å². The molecule has 3 nitrogen and oxygen atoms in total. The zero-order valence-corrected chi connectivity index (χ0v) is 12.1. The first-order valence-corrected chi connectivity index (χ1v) is 6.77. The second-order valence-electron chi connectivity index (χ2n) is 4.32. The normalized spacial score (nSPS) is 10.3. The van der Waals surface area contributed by atoms with E-state index < -0.39 is 5.97 Å². The average Bonchev–Trinajstić information content (AvgIpc) is 2.41. The van der Waals surface area contributed by atoms with Gasteiger partial charge in [0.25, 0.3) is 0 Å². The van der Waals surface area contributed by atoms with Crippen molar-refractivity contribution in [1.29, 1.82) is 0 Å². The Morgan fingerprint density at radius 2 is 1.70 bits per heavy atom. The number of hydrogen-bond donors (Lipinski definition) is 1. The number of carboxylic acid groups (broad SMARTS) is 1. The van der Waals surface area contributed by atoms with E-state index in [-0.39, 0.29) is 6.54 Å². The molecule has 0 spiro atoms. The number of carboxylic acids is 1. The smallest absolute Gasteiger partial charge is 0.323 e. The van der Waals surface area contributed by atoms with Crippen LogP contribution in [0.5, 0.6) is 0 Å². The third-order valence-electron chi connectivity index (χ3n) is 2.84. The summed E-state index contributed by atoms with van der Waals surface area (Å²) in [5.74, 6) is -0.896. The van der Waals surface area contributed by atoms with Gasteiger partial charge in [-0.25, -0.2) is 0 Å². The maximum Gasteiger partial charge on any atom is 0.323 e. The van der Waals surface area contributed by atoms with E-state index in [0.29, 0.717) is 16.6 Å². The van der Waals surface area contributed by atoms with E-state index in [4.69, 9.17) is 28.3 Å². The number of hydrogen-bond acceptors (Lipinski definition) is 2. The molecule has 1 N–H and O–H groups in total. The van der Waals surface area contributed by atoms with Gasteiger partial charge in [-0.1, -0.05) is 41.4 Å². The van der Waals surface area contributed by atoms with E-state index in [1.54, 1.807) is 35.2 Å². The number of rotatable bonds is 5. The highest BCUT2D eigenvalue weighted by Crippen LogP contribution is 2.23. The number of carbonyl (C=O) groups is 1. The largest absolute Gasteiger partial charge is 0.480 e. The molecule has 0 heterocycles. The first-order chi connectivity index (χ1) is 9.56. The lowest BCUT2D eigenvalue weighted by Crippen LogP contribution is -2.29. The van der Waals surface area contributed by atoms with E-state index in [0.717, 1.165) is 11.3 Å². The number of nitrogens with zero attached hydrogens (tertiary/aromatic N) is 1. The molecule has 0 unspecified atom stereocenters. The Labute approximate surface area is 127 Å². The molecule has 104 valence electrons. The van der Waals surface area contributed by atoms with Crippen molar-refractivity contribution in [1.82, 2.24) is 0 Å². The van der Waals surface area contributed by atoms with Gasteiger partial charge in [0, 0.05) is 22.3 Å². The Balaban J connectivity index is 2.26. The molecule has 0 aliphatic carbocycles. The minimum absolute atomic E-state index is 0.104. The van der Waals surface area contributed by atoms with Crippen molar-refractivity contribution < 1.29 is 9.90 Å². The predicted molar refractivity (Wildman–Crippen MR) is 81.6 cm³/mol. The predicted octanol–water partition coefficient (Wildman–Crippen LogP) is 4.08. The van der Waals surface area contributed by atoms with Crippen molar-refractivity contribution in [2.75, 3.05) is 11.4 Å². The maximum absolute atomic E-state index is 11.0. The van der Waals surface area contributed by atoms with E-state index in [2.05, 4.69) is 0 Å². The van der Waals surface area contributed by atoms with Crippen molar-refractivity contribution in [3.05, 3.63) is 64.1 Å². The number of halogens is 2. The van der Waals surface area contributed by atoms with Crippen LogP contribution < -0.4 is 4.90 Å². The summed E-state index contributed by atoms with van der Waals surface area (Å²) in [4.78, 5) is 12.8. The molecule has 0 saturated heterocycles. The van der Waals surface area contributed by atoms with Crippen LogP contribution in [0.2, 0.25) is 10.0 Å². The lowest BCUT2D eigenvalue weighted by Gasteiger charge is -2.23. The van der Waals surface area contributed by atoms with Gasteiger partial charge in [-0.05, 0) is 35.9 Å². The van der Waals surface area contributed by atoms with Gasteiger partial charge >= 0.3 is 5.97 Å². The molecule has 20 heavy (non-hydrogen) atoms. The van der Waals surface area contributed by atoms with Gasteiger partial charge in [-0.3, -0.25) is 4.79 Å². The van der Waals surface area contributed by atoms with Crippen LogP contribution in [0.3, 0.4) is 0 Å². The van der Waals surface area contributed by atoms with E-state index in [1.165, 1.54) is 0 Å². The van der Waals surface area contributed by atoms with Crippen LogP contribution >= 0.6 is 23.2 Å². The average molecular weight is 310 g/mol. The summed E-state index contributed by atoms with van der Waals surface area (Å²) in [5.41, 5.74) is 1.67. The highest BCUT2D eigenvalue weighted by Gasteiger charge is 2.12. The molecule has 0 amide bonds. The van der Waals surface area contributed by atoms with Gasteiger partial charge in [0.1, 0.15) is 6.54 Å². The van der Waals surface area contributed by atoms with Crippen LogP contribution in [-0.2, 0) is 11.3 Å². The summed E-state index contributed by atoms with van der Waals surface area (Å²) in [6.07, 6.45) is 0. The molecule has 0 fully saturated rings. The zero-order chi connectivity index (χ0) is 14.5. The Bertz CT molecular complexity index is 599. The summed E-state index contributed by atoms with van der Waals surface area (Å²) >= 11 is 12.0. The van der Waals surface area contributed by atoms with Crippen molar-refractivity contribution in [2.24, 2.45) is 0 Å². The minimum atomic E-state index is -0.896. The van der Waals surface area contributed by atoms with E-state index >= 15 is 0 Å². The Morgan fingerprint density at radius 1 is 1.05 bits per heavy atom. The SMILES string of the molecule is O=C(O)CN(Cc1ccccc1Cl)c1ccc(Cl)cc1. The summed E-state index contributed by atoms with van der Waals surface area (Å²) in [6, 6.07) is 14.4. The quantitative estimate of drug-likeness (QED) is 0.904. The van der Waals surface area contributed by atoms with Crippen molar-refractivity contribution in [3.63, 3.8) is 0 Å². The van der Waals surface area contributed by atoms with Crippen LogP contribution in [0.15, 0.2) is 48.5 Å². The third kappa shape index (κ3) is 3.89. The molecule has 2 aromatic carbocycles. The second-order valence-corrected chi connectivity index (χ2v) is 5.16. The van der Waals surface area contributed by atoms with E-state index in [1.807, 2.05) is 18.2 Å². The molecule has 0 aromatic heterocycles. The fourth-order valence-electron chi connectivity index (χ4n) is 1.89. The topological polar surface area (TPSA) is 40.5 Å². The Morgan fingerprint density at radius 3 is 2.30 bits per heavy atom. The fraction of sp³-hybridized carbons (Fsp3) is 0.133. The minimum Gasteiger partial charge on any atom is -0.480 e. The van der Waals surface area contributed by atoms with Crippen LogP contribution in [0, 0.1) is 0 Å². The second kappa shape index (κ2) is 6.64. The summed E-state index contributed by atoms with van der Waals surface area (Å²) in [7, 11) is 0. The molecular weight excluding hydrogens is 297 g/mol. The van der Waals surface area contributed by atoms with Gasteiger partial charge in [0.15, 0.2) is 0 Å². The lowest BCUT2D eigenvalue weighted by molar-refractivity contribution is -0.135. The summed E-state index contributed by atoms with van der Waals surface area (Å²) in [6.45, 7) is 0.320. The van der Waals surface area contributed by atoms with Gasteiger partial charge in [0.2, 0.25) is 0 Å². The molecular formula is C15H13Cl2NO2. The van der Waals surface area contributed by atoms with Crippen LogP contribution in [-0.4, -0.2) is 17.6 Å².